The van der Waals surface area contributed by atoms with Gasteiger partial charge in [0.2, 0.25) is 25.4 Å². The van der Waals surface area contributed by atoms with Crippen molar-refractivity contribution in [2.24, 2.45) is 0 Å². The molecule has 8 heterocycles. The number of carbonyl (C=O) groups excluding carboxylic acids is 4. The first-order chi connectivity index (χ1) is 44.4. The predicted molar refractivity (Wildman–Crippen MR) is 335 cm³/mol. The fourth-order valence-electron chi connectivity index (χ4n) is 16.1. The van der Waals surface area contributed by atoms with Gasteiger partial charge >= 0.3 is 11.9 Å². The van der Waals surface area contributed by atoms with Gasteiger partial charge in [0.05, 0.1) is 50.5 Å². The average Bonchev–Trinajstić information content (AvgIpc) is 0.860. The van der Waals surface area contributed by atoms with Gasteiger partial charge in [0.1, 0.15) is 23.8 Å². The Morgan fingerprint density at radius 2 is 1.03 bits per heavy atom. The van der Waals surface area contributed by atoms with Gasteiger partial charge in [0, 0.05) is 125 Å². The van der Waals surface area contributed by atoms with E-state index in [2.05, 4.69) is 56.2 Å². The molecule has 4 bridgehead atoms. The molecule has 26 nitrogen and oxygen atoms in total. The number of carbonyl (C=O) groups is 4. The van der Waals surface area contributed by atoms with Crippen LogP contribution in [0, 0.1) is 49.1 Å². The molecule has 2 saturated heterocycles. The zero-order valence-corrected chi connectivity index (χ0v) is 56.7. The molecule has 10 atom stereocenters. The SMILES string of the molecule is CCCCCC(=O)NC[C@H]1c2c(c(OC(C)=O)c(C)c3c2OCO3)CC2[C@H]3c4c(cc(C)c(OC)c4O)C[C@@H]([C@H](C#N)N21)N3C.CCCCCC(=O)NC[C@H]1c2c(c(OC(C)=O)c(C)c3c2OCO3)CC2[C@H]3c4c(cc(C)c(OC)c4O)C[C@@H]([C@H](O)N21)N3C.O=[N+]([O-])O.[Ag]. The van der Waals surface area contributed by atoms with Gasteiger partial charge in [-0.3, -0.25) is 38.8 Å². The quantitative estimate of drug-likeness (QED) is 0.0159. The number of fused-ring (bicyclic) bond motifs is 18. The number of methoxy groups -OCH3 is 2. The van der Waals surface area contributed by atoms with Gasteiger partial charge in [-0.15, -0.1) is 10.1 Å². The number of aliphatic hydroxyl groups is 1. The van der Waals surface area contributed by atoms with Gasteiger partial charge in [0.15, 0.2) is 46.0 Å². The minimum Gasteiger partial charge on any atom is -0.504 e. The molecular formula is C67H86AgN8O18. The molecule has 27 heteroatoms. The van der Waals surface area contributed by atoms with Crippen molar-refractivity contribution in [1.29, 1.82) is 5.26 Å². The van der Waals surface area contributed by atoms with Crippen LogP contribution >= 0.6 is 0 Å². The fourth-order valence-corrected chi connectivity index (χ4v) is 16.1. The van der Waals surface area contributed by atoms with Crippen molar-refractivity contribution in [2.45, 2.75) is 193 Å². The minimum absolute atomic E-state index is 0. The molecule has 94 heavy (non-hydrogen) atoms. The van der Waals surface area contributed by atoms with Crippen molar-refractivity contribution < 1.29 is 105 Å². The fraction of sp³-hybridized carbons (Fsp3) is 0.567. The first kappa shape index (κ1) is 70.7. The number of rotatable bonds is 16. The van der Waals surface area contributed by atoms with E-state index in [0.717, 1.165) is 94.2 Å². The maximum atomic E-state index is 13.1. The number of hydrogen-bond donors (Lipinski definition) is 6. The summed E-state index contributed by atoms with van der Waals surface area (Å²) in [4.78, 5) is 67.8. The van der Waals surface area contributed by atoms with Crippen molar-refractivity contribution in [3.63, 3.8) is 0 Å². The number of likely N-dealkylation sites (N-methyl/N-ethyl adjacent to an activating group) is 2. The zero-order valence-electron chi connectivity index (χ0n) is 55.2. The van der Waals surface area contributed by atoms with E-state index in [0.29, 0.717) is 95.6 Å². The van der Waals surface area contributed by atoms with Gasteiger partial charge in [-0.1, -0.05) is 51.7 Å². The smallest absolute Gasteiger partial charge is 0.308 e. The number of hydrogen-bond acceptors (Lipinski definition) is 22. The molecule has 513 valence electrons. The second kappa shape index (κ2) is 29.2. The summed E-state index contributed by atoms with van der Waals surface area (Å²) in [7, 11) is 7.08. The summed E-state index contributed by atoms with van der Waals surface area (Å²) in [5.41, 5.74) is 9.57. The van der Waals surface area contributed by atoms with E-state index in [4.69, 9.17) is 53.2 Å². The number of nitrogens with one attached hydrogen (secondary N) is 2. The molecule has 8 aliphatic rings. The average molecular weight is 1400 g/mol. The van der Waals surface area contributed by atoms with E-state index in [1.165, 1.54) is 13.8 Å². The second-order valence-electron chi connectivity index (χ2n) is 25.3. The maximum Gasteiger partial charge on any atom is 0.308 e. The van der Waals surface area contributed by atoms with E-state index in [-0.39, 0.29) is 109 Å². The summed E-state index contributed by atoms with van der Waals surface area (Å²) < 4.78 is 46.9. The summed E-state index contributed by atoms with van der Waals surface area (Å²) in [6.07, 6.45) is 7.39. The molecule has 2 fully saturated rings. The molecule has 0 saturated carbocycles. The van der Waals surface area contributed by atoms with Crippen LogP contribution in [0.2, 0.25) is 0 Å². The number of nitriles is 1. The van der Waals surface area contributed by atoms with Gasteiger partial charge in [0.25, 0.3) is 5.09 Å². The molecule has 0 aliphatic carbocycles. The molecule has 2 amide bonds. The molecule has 2 unspecified atom stereocenters. The number of aryl methyl sites for hydroxylation is 2. The molecule has 8 aliphatic heterocycles. The molecule has 4 aromatic rings. The predicted octanol–water partition coefficient (Wildman–Crippen LogP) is 7.36. The van der Waals surface area contributed by atoms with Gasteiger partial charge in [-0.25, -0.2) is 0 Å². The van der Waals surface area contributed by atoms with Crippen LogP contribution < -0.4 is 48.5 Å². The Hall–Kier alpha value is -7.61. The number of aliphatic hydroxyl groups excluding tert-OH is 1. The zero-order chi connectivity index (χ0) is 67.2. The number of esters is 2. The second-order valence-corrected chi connectivity index (χ2v) is 25.3. The monoisotopic (exact) mass is 1400 g/mol. The van der Waals surface area contributed by atoms with E-state index in [1.54, 1.807) is 14.2 Å². The molecule has 1 radical (unpaired) electrons. The molecule has 4 aromatic carbocycles. The van der Waals surface area contributed by atoms with Crippen molar-refractivity contribution in [2.75, 3.05) is 55.0 Å². The Bertz CT molecular complexity index is 3650. The largest absolute Gasteiger partial charge is 0.504 e. The number of benzene rings is 4. The Morgan fingerprint density at radius 3 is 1.44 bits per heavy atom. The minimum atomic E-state index is -1.50. The topological polar surface area (TPSA) is 327 Å². The third-order valence-corrected chi connectivity index (χ3v) is 19.9. The summed E-state index contributed by atoms with van der Waals surface area (Å²) in [6, 6.07) is 3.40. The normalized spacial score (nSPS) is 23.8. The van der Waals surface area contributed by atoms with Crippen LogP contribution in [0.5, 0.6) is 57.5 Å². The summed E-state index contributed by atoms with van der Waals surface area (Å²) >= 11 is 0. The van der Waals surface area contributed by atoms with E-state index in [1.807, 2.05) is 47.9 Å². The van der Waals surface area contributed by atoms with Crippen LogP contribution in [-0.4, -0.2) is 160 Å². The maximum absolute atomic E-state index is 13.1. The summed E-state index contributed by atoms with van der Waals surface area (Å²) in [5, 5.41) is 66.1. The molecule has 12 rings (SSSR count). The number of piperazine rings is 2. The Balaban J connectivity index is 0.000000207. The third-order valence-electron chi connectivity index (χ3n) is 19.9. The van der Waals surface area contributed by atoms with Gasteiger partial charge < -0.3 is 69.1 Å². The number of phenols is 2. The van der Waals surface area contributed by atoms with Crippen molar-refractivity contribution in [3.05, 3.63) is 89.0 Å². The number of unbranched alkanes of at least 4 members (excludes halogenated alkanes) is 4. The van der Waals surface area contributed by atoms with Crippen LogP contribution in [-0.2, 0) is 67.2 Å². The standard InChI is InChI=1S/C34H42N4O7.C33H43N3O8.Ag.HNO3/c1-7-8-9-10-26(40)36-15-25-28-21(32(45-19(4)39)18(3)33-34(28)44-16-43-33)13-23-29-27-20(11-17(2)31(42-6)30(27)41)12-22(37(29)5)24(14-35)38(23)25;1-7-8-9-10-24(38)34-14-23-26-20(30(44-18(4)37)17(3)31-32(26)43-15-42-31)13-21-27-25-19(11-16(2)29(41-6)28(25)39)12-22(35(27)5)33(40)36(21)23;;2-1(3)4/h11,22-25,29,41H,7-10,12-13,15-16H2,1-6H3,(H,36,40);11,21-23,27,33,39-40H,7-10,12-15H2,1-6H3,(H,34,38);;(H,2,3,4)/t22-,23?,24-,25-,29-;21?,22-,23-,27-,33-;;/m00../s1. The number of aromatic hydroxyl groups is 2. The number of amides is 2. The van der Waals surface area contributed by atoms with Crippen molar-refractivity contribution >= 4 is 23.8 Å². The van der Waals surface area contributed by atoms with Crippen molar-refractivity contribution in [3.8, 4) is 63.6 Å². The van der Waals surface area contributed by atoms with Gasteiger partial charge in [-0.05, 0) is 103 Å². The Labute approximate surface area is 562 Å². The van der Waals surface area contributed by atoms with Crippen LogP contribution in [0.4, 0.5) is 0 Å². The van der Waals surface area contributed by atoms with Crippen molar-refractivity contribution in [1.82, 2.24) is 30.2 Å². The van der Waals surface area contributed by atoms with Crippen LogP contribution in [0.15, 0.2) is 12.1 Å². The van der Waals surface area contributed by atoms with Crippen LogP contribution in [0.1, 0.15) is 170 Å². The molecule has 0 aromatic heterocycles. The molecule has 6 N–H and O–H groups in total. The van der Waals surface area contributed by atoms with E-state index < -0.39 is 41.4 Å². The number of nitrogens with zero attached hydrogens (tertiary/aromatic N) is 6. The Morgan fingerprint density at radius 1 is 0.638 bits per heavy atom. The Kier molecular flexibility index (Phi) is 21.9. The first-order valence-corrected chi connectivity index (χ1v) is 31.9. The van der Waals surface area contributed by atoms with E-state index in [9.17, 15) is 39.8 Å². The van der Waals surface area contributed by atoms with Crippen LogP contribution in [0.25, 0.3) is 0 Å². The summed E-state index contributed by atoms with van der Waals surface area (Å²) in [5.74, 6) is 2.98. The first-order valence-electron chi connectivity index (χ1n) is 31.9. The molecular weight excluding hydrogens is 1310 g/mol. The number of phenolic OH excluding ortho intramolecular Hbond substituents is 2. The molecule has 0 spiro atoms. The number of ether oxygens (including phenoxy) is 8. The third kappa shape index (κ3) is 12.8. The summed E-state index contributed by atoms with van der Waals surface area (Å²) in [6.45, 7) is 14.9. The van der Waals surface area contributed by atoms with E-state index >= 15 is 0 Å². The van der Waals surface area contributed by atoms with Crippen LogP contribution in [0.3, 0.4) is 0 Å². The van der Waals surface area contributed by atoms with Gasteiger partial charge in [-0.2, -0.15) is 5.26 Å².